The van der Waals surface area contributed by atoms with Crippen LogP contribution in [0.15, 0.2) is 54.6 Å². The first-order chi connectivity index (χ1) is 18.2. The Bertz CT molecular complexity index is 1320. The number of para-hydroxylation sites is 1. The van der Waals surface area contributed by atoms with E-state index < -0.39 is 17.4 Å². The summed E-state index contributed by atoms with van der Waals surface area (Å²) in [4.78, 5) is 42.5. The van der Waals surface area contributed by atoms with Crippen LogP contribution in [0.2, 0.25) is 0 Å². The van der Waals surface area contributed by atoms with E-state index in [1.165, 1.54) is 0 Å². The number of hydroxylamine groups is 1. The third-order valence-corrected chi connectivity index (χ3v) is 6.92. The third-order valence-electron chi connectivity index (χ3n) is 6.92. The monoisotopic (exact) mass is 520 g/mol. The summed E-state index contributed by atoms with van der Waals surface area (Å²) in [6, 6.07) is 16.7. The summed E-state index contributed by atoms with van der Waals surface area (Å²) in [7, 11) is 0. The lowest BCUT2D eigenvalue weighted by atomic mass is 9.83. The number of piperidine rings is 1. The van der Waals surface area contributed by atoms with E-state index in [9.17, 15) is 14.4 Å². The van der Waals surface area contributed by atoms with Crippen LogP contribution in [0.1, 0.15) is 53.9 Å². The zero-order chi connectivity index (χ0) is 27.3. The first kappa shape index (κ1) is 27.0. The SMILES string of the molecule is Cc1cc(C(C)Oc2ccc(C(=O)NC3(CC(=O)NO)CCN(CC(=O)O)CC3)cc2)c2ccccc2n1. The van der Waals surface area contributed by atoms with Crippen molar-refractivity contribution in [2.45, 2.75) is 44.8 Å². The van der Waals surface area contributed by atoms with Gasteiger partial charge in [0.1, 0.15) is 11.9 Å². The highest BCUT2D eigenvalue weighted by Gasteiger charge is 2.38. The van der Waals surface area contributed by atoms with Crippen molar-refractivity contribution >= 4 is 28.7 Å². The zero-order valence-corrected chi connectivity index (χ0v) is 21.4. The van der Waals surface area contributed by atoms with E-state index in [-0.39, 0.29) is 25.0 Å². The molecule has 200 valence electrons. The molecule has 1 atom stereocenters. The quantitative estimate of drug-likeness (QED) is 0.249. The second kappa shape index (κ2) is 11.6. The Morgan fingerprint density at radius 3 is 2.45 bits per heavy atom. The molecule has 1 aromatic heterocycles. The Kier molecular flexibility index (Phi) is 8.23. The van der Waals surface area contributed by atoms with E-state index >= 15 is 0 Å². The molecule has 2 heterocycles. The molecular weight excluding hydrogens is 488 g/mol. The average molecular weight is 521 g/mol. The smallest absolute Gasteiger partial charge is 0.317 e. The lowest BCUT2D eigenvalue weighted by Crippen LogP contribution is -2.57. The number of nitrogens with zero attached hydrogens (tertiary/aromatic N) is 2. The van der Waals surface area contributed by atoms with Crippen molar-refractivity contribution in [1.82, 2.24) is 20.7 Å². The highest BCUT2D eigenvalue weighted by atomic mass is 16.5. The number of fused-ring (bicyclic) bond motifs is 1. The third kappa shape index (κ3) is 6.45. The minimum atomic E-state index is -0.932. The van der Waals surface area contributed by atoms with Crippen molar-refractivity contribution in [2.24, 2.45) is 0 Å². The number of aromatic nitrogens is 1. The van der Waals surface area contributed by atoms with E-state index in [1.54, 1.807) is 34.6 Å². The minimum absolute atomic E-state index is 0.106. The number of carboxylic acid groups (broad SMARTS) is 1. The van der Waals surface area contributed by atoms with Gasteiger partial charge < -0.3 is 15.2 Å². The van der Waals surface area contributed by atoms with Gasteiger partial charge in [0.05, 0.1) is 24.0 Å². The number of ether oxygens (including phenoxy) is 1. The van der Waals surface area contributed by atoms with E-state index in [4.69, 9.17) is 15.1 Å². The van der Waals surface area contributed by atoms with Gasteiger partial charge in [-0.1, -0.05) is 18.2 Å². The van der Waals surface area contributed by atoms with Crippen LogP contribution in [-0.2, 0) is 9.59 Å². The topological polar surface area (TPSA) is 141 Å². The molecule has 10 nitrogen and oxygen atoms in total. The first-order valence-electron chi connectivity index (χ1n) is 12.5. The van der Waals surface area contributed by atoms with Crippen LogP contribution >= 0.6 is 0 Å². The molecule has 3 aromatic rings. The summed E-state index contributed by atoms with van der Waals surface area (Å²) in [5, 5.41) is 22.1. The highest BCUT2D eigenvalue weighted by Crippen LogP contribution is 2.29. The number of carbonyl (C=O) groups is 3. The minimum Gasteiger partial charge on any atom is -0.486 e. The molecule has 1 saturated heterocycles. The molecule has 0 spiro atoms. The Hall–Kier alpha value is -4.02. The standard InChI is InChI=1S/C28H32N4O6/c1-18-15-23(22-5-3-4-6-24(22)29-18)19(2)38-21-9-7-20(8-10-21)27(36)30-28(16-25(33)31-37)11-13-32(14-12-28)17-26(34)35/h3-10,15,19,37H,11-14,16-17H2,1-2H3,(H,30,36)(H,31,33)(H,34,35). The second-order valence-corrected chi connectivity index (χ2v) is 9.77. The van der Waals surface area contributed by atoms with Gasteiger partial charge in [0.2, 0.25) is 5.91 Å². The molecule has 1 unspecified atom stereocenters. The summed E-state index contributed by atoms with van der Waals surface area (Å²) >= 11 is 0. The van der Waals surface area contributed by atoms with Gasteiger partial charge >= 0.3 is 5.97 Å². The number of amides is 2. The van der Waals surface area contributed by atoms with E-state index in [1.807, 2.05) is 44.2 Å². The number of hydrogen-bond donors (Lipinski definition) is 4. The fraction of sp³-hybridized carbons (Fsp3) is 0.357. The van der Waals surface area contributed by atoms with Crippen LogP contribution in [0.4, 0.5) is 0 Å². The van der Waals surface area contributed by atoms with E-state index in [2.05, 4.69) is 10.3 Å². The van der Waals surface area contributed by atoms with Gasteiger partial charge in [-0.2, -0.15) is 0 Å². The fourth-order valence-electron chi connectivity index (χ4n) is 4.97. The summed E-state index contributed by atoms with van der Waals surface area (Å²) in [5.41, 5.74) is 3.95. The first-order valence-corrected chi connectivity index (χ1v) is 12.5. The molecule has 1 aliphatic rings. The van der Waals surface area contributed by atoms with Crippen molar-refractivity contribution in [2.75, 3.05) is 19.6 Å². The van der Waals surface area contributed by atoms with Gasteiger partial charge in [-0.15, -0.1) is 0 Å². The van der Waals surface area contributed by atoms with Gasteiger partial charge in [0.25, 0.3) is 5.91 Å². The number of nitrogens with one attached hydrogen (secondary N) is 2. The number of aliphatic carboxylic acids is 1. The lowest BCUT2D eigenvalue weighted by Gasteiger charge is -2.41. The number of carboxylic acids is 1. The predicted molar refractivity (Wildman–Crippen MR) is 140 cm³/mol. The molecule has 0 radical (unpaired) electrons. The number of carbonyl (C=O) groups excluding carboxylic acids is 2. The predicted octanol–water partition coefficient (Wildman–Crippen LogP) is 3.23. The average Bonchev–Trinajstić information content (AvgIpc) is 2.89. The Balaban J connectivity index is 1.45. The van der Waals surface area contributed by atoms with Crippen LogP contribution in [0.5, 0.6) is 5.75 Å². The largest absolute Gasteiger partial charge is 0.486 e. The molecular formula is C28H32N4O6. The maximum Gasteiger partial charge on any atom is 0.317 e. The molecule has 1 aliphatic heterocycles. The van der Waals surface area contributed by atoms with Crippen molar-refractivity contribution in [1.29, 1.82) is 0 Å². The Morgan fingerprint density at radius 1 is 1.11 bits per heavy atom. The highest BCUT2D eigenvalue weighted by molar-refractivity contribution is 5.95. The molecule has 0 aliphatic carbocycles. The molecule has 2 aromatic carbocycles. The van der Waals surface area contributed by atoms with Gasteiger partial charge in [-0.25, -0.2) is 5.48 Å². The second-order valence-electron chi connectivity index (χ2n) is 9.77. The fourth-order valence-corrected chi connectivity index (χ4v) is 4.97. The maximum atomic E-state index is 13.1. The molecule has 1 fully saturated rings. The molecule has 10 heteroatoms. The molecule has 0 saturated carbocycles. The number of benzene rings is 2. The summed E-state index contributed by atoms with van der Waals surface area (Å²) in [5.74, 6) is -1.31. The molecule has 4 rings (SSSR count). The number of rotatable bonds is 9. The van der Waals surface area contributed by atoms with Gasteiger partial charge in [-0.3, -0.25) is 29.5 Å². The van der Waals surface area contributed by atoms with Crippen molar-refractivity contribution < 1.29 is 29.4 Å². The Labute approximate surface area is 220 Å². The summed E-state index contributed by atoms with van der Waals surface area (Å²) < 4.78 is 6.19. The maximum absolute atomic E-state index is 13.1. The van der Waals surface area contributed by atoms with Gasteiger partial charge in [0, 0.05) is 35.3 Å². The molecule has 2 amide bonds. The van der Waals surface area contributed by atoms with E-state index in [0.717, 1.165) is 22.2 Å². The van der Waals surface area contributed by atoms with Crippen LogP contribution < -0.4 is 15.5 Å². The number of pyridine rings is 1. The van der Waals surface area contributed by atoms with Gasteiger partial charge in [-0.05, 0) is 63.1 Å². The van der Waals surface area contributed by atoms with Gasteiger partial charge in [0.15, 0.2) is 0 Å². The number of aryl methyl sites for hydroxylation is 1. The Morgan fingerprint density at radius 2 is 1.79 bits per heavy atom. The molecule has 38 heavy (non-hydrogen) atoms. The van der Waals surface area contributed by atoms with Crippen molar-refractivity contribution in [3.8, 4) is 5.75 Å². The number of likely N-dealkylation sites (tertiary alicyclic amines) is 1. The van der Waals surface area contributed by atoms with Crippen molar-refractivity contribution in [3.05, 3.63) is 71.4 Å². The normalized spacial score (nSPS) is 16.0. The lowest BCUT2D eigenvalue weighted by molar-refractivity contribution is -0.139. The van der Waals surface area contributed by atoms with Crippen LogP contribution in [0, 0.1) is 6.92 Å². The van der Waals surface area contributed by atoms with Crippen LogP contribution in [0.25, 0.3) is 10.9 Å². The van der Waals surface area contributed by atoms with Crippen LogP contribution in [0.3, 0.4) is 0 Å². The zero-order valence-electron chi connectivity index (χ0n) is 21.4. The molecule has 0 bridgehead atoms. The number of hydrogen-bond acceptors (Lipinski definition) is 7. The summed E-state index contributed by atoms with van der Waals surface area (Å²) in [6.45, 7) is 4.61. The molecule has 4 N–H and O–H groups in total. The van der Waals surface area contributed by atoms with Crippen molar-refractivity contribution in [3.63, 3.8) is 0 Å². The van der Waals surface area contributed by atoms with Crippen LogP contribution in [-0.4, -0.2) is 63.2 Å². The van der Waals surface area contributed by atoms with E-state index in [0.29, 0.717) is 37.2 Å². The summed E-state index contributed by atoms with van der Waals surface area (Å²) in [6.07, 6.45) is 0.376.